The second kappa shape index (κ2) is 6.65. The number of fused-ring (bicyclic) bond motifs is 1. The molecule has 4 rings (SSSR count). The molecule has 2 atom stereocenters. The predicted molar refractivity (Wildman–Crippen MR) is 94.3 cm³/mol. The summed E-state index contributed by atoms with van der Waals surface area (Å²) in [4.78, 5) is 10.2. The summed E-state index contributed by atoms with van der Waals surface area (Å²) < 4.78 is 32.5. The number of aromatic nitrogens is 2. The first-order valence-electron chi connectivity index (χ1n) is 8.09. The minimum atomic E-state index is -2.70. The molecule has 0 saturated carbocycles. The molecule has 2 unspecified atom stereocenters. The van der Waals surface area contributed by atoms with Crippen molar-refractivity contribution in [1.82, 2.24) is 9.97 Å². The molecule has 130 valence electrons. The molecule has 3 aromatic rings. The number of hydrogen-bond acceptors (Lipinski definition) is 5. The Morgan fingerprint density at radius 1 is 1.20 bits per heavy atom. The summed E-state index contributed by atoms with van der Waals surface area (Å²) in [6.45, 7) is 3.16. The first-order chi connectivity index (χ1) is 12.1. The van der Waals surface area contributed by atoms with Gasteiger partial charge in [-0.2, -0.15) is 11.3 Å². The smallest absolute Gasteiger partial charge is 0.297 e. The number of anilines is 1. The van der Waals surface area contributed by atoms with Crippen LogP contribution in [0.4, 0.5) is 14.6 Å². The number of benzene rings is 1. The first-order valence-corrected chi connectivity index (χ1v) is 9.03. The van der Waals surface area contributed by atoms with Crippen molar-refractivity contribution in [3.05, 3.63) is 52.5 Å². The fraction of sp³-hybridized carbons (Fsp3) is 0.333. The van der Waals surface area contributed by atoms with Gasteiger partial charge in [-0.05, 0) is 41.4 Å². The summed E-state index contributed by atoms with van der Waals surface area (Å²) in [6, 6.07) is 9.32. The molecule has 0 amide bonds. The minimum absolute atomic E-state index is 0.0256. The van der Waals surface area contributed by atoms with E-state index >= 15 is 0 Å². The molecule has 0 aliphatic carbocycles. The Balaban J connectivity index is 1.77. The van der Waals surface area contributed by atoms with Gasteiger partial charge < -0.3 is 9.64 Å². The van der Waals surface area contributed by atoms with Crippen molar-refractivity contribution >= 4 is 28.1 Å². The second-order valence-corrected chi connectivity index (χ2v) is 6.90. The van der Waals surface area contributed by atoms with E-state index < -0.39 is 12.2 Å². The Labute approximate surface area is 148 Å². The molecule has 0 radical (unpaired) electrons. The Kier molecular flexibility index (Phi) is 4.35. The van der Waals surface area contributed by atoms with Crippen LogP contribution in [0, 0.1) is 0 Å². The van der Waals surface area contributed by atoms with Crippen molar-refractivity contribution in [2.75, 3.05) is 18.0 Å². The average Bonchev–Trinajstić information content (AvgIpc) is 3.15. The van der Waals surface area contributed by atoms with E-state index in [1.807, 2.05) is 35.4 Å². The van der Waals surface area contributed by atoms with Gasteiger partial charge in [-0.15, -0.1) is 0 Å². The maximum Gasteiger partial charge on any atom is 0.297 e. The lowest BCUT2D eigenvalue weighted by Gasteiger charge is -2.37. The lowest BCUT2D eigenvalue weighted by molar-refractivity contribution is -0.0173. The predicted octanol–water partition coefficient (Wildman–Crippen LogP) is 4.60. The van der Waals surface area contributed by atoms with Crippen molar-refractivity contribution in [3.63, 3.8) is 0 Å². The van der Waals surface area contributed by atoms with Crippen LogP contribution in [0.2, 0.25) is 0 Å². The highest BCUT2D eigenvalue weighted by Crippen LogP contribution is 2.33. The third kappa shape index (κ3) is 3.21. The van der Waals surface area contributed by atoms with Crippen molar-refractivity contribution in [3.8, 4) is 0 Å². The monoisotopic (exact) mass is 361 g/mol. The highest BCUT2D eigenvalue weighted by atomic mass is 32.1. The van der Waals surface area contributed by atoms with Gasteiger partial charge >= 0.3 is 0 Å². The fourth-order valence-electron chi connectivity index (χ4n) is 3.18. The zero-order valence-electron chi connectivity index (χ0n) is 13.6. The number of halogens is 2. The van der Waals surface area contributed by atoms with E-state index in [1.54, 1.807) is 23.5 Å². The van der Waals surface area contributed by atoms with Crippen LogP contribution in [0.5, 0.6) is 0 Å². The Morgan fingerprint density at radius 3 is 2.80 bits per heavy atom. The normalized spacial score (nSPS) is 21.2. The molecule has 1 aromatic carbocycles. The maximum atomic E-state index is 13.3. The van der Waals surface area contributed by atoms with Crippen LogP contribution in [0.3, 0.4) is 0 Å². The molecule has 2 aromatic heterocycles. The number of hydrogen-bond donors (Lipinski definition) is 0. The standard InChI is InChI=1S/C18H17F2N3OS/c1-11-8-23(9-15(24-11)12-6-7-25-10-12)18-13-4-2-3-5-14(13)21-17(22-18)16(19)20/h2-7,10-11,15-16H,8-9H2,1H3. The highest BCUT2D eigenvalue weighted by Gasteiger charge is 2.29. The molecule has 0 spiro atoms. The SMILES string of the molecule is CC1CN(c2nc(C(F)F)nc3ccccc23)CC(c2ccsc2)O1. The number of alkyl halides is 2. The number of thiophene rings is 1. The molecule has 4 nitrogen and oxygen atoms in total. The van der Waals surface area contributed by atoms with Crippen LogP contribution in [0.15, 0.2) is 41.1 Å². The van der Waals surface area contributed by atoms with Crippen LogP contribution < -0.4 is 4.90 Å². The van der Waals surface area contributed by atoms with Crippen LogP contribution in [-0.4, -0.2) is 29.2 Å². The maximum absolute atomic E-state index is 13.3. The fourth-order valence-corrected chi connectivity index (χ4v) is 3.88. The first kappa shape index (κ1) is 16.4. The third-order valence-electron chi connectivity index (χ3n) is 4.27. The average molecular weight is 361 g/mol. The Bertz CT molecular complexity index is 872. The number of morpholine rings is 1. The molecule has 0 N–H and O–H groups in total. The summed E-state index contributed by atoms with van der Waals surface area (Å²) in [6.07, 6.45) is -2.82. The molecule has 3 heterocycles. The zero-order valence-corrected chi connectivity index (χ0v) is 14.4. The van der Waals surface area contributed by atoms with Crippen LogP contribution in [0.1, 0.15) is 30.8 Å². The molecular formula is C18H17F2N3OS. The summed E-state index contributed by atoms with van der Waals surface area (Å²) in [5.41, 5.74) is 1.64. The van der Waals surface area contributed by atoms with E-state index in [0.717, 1.165) is 10.9 Å². The summed E-state index contributed by atoms with van der Waals surface area (Å²) >= 11 is 1.62. The quantitative estimate of drug-likeness (QED) is 0.684. The van der Waals surface area contributed by atoms with E-state index in [0.29, 0.717) is 24.4 Å². The molecule has 0 bridgehead atoms. The lowest BCUT2D eigenvalue weighted by atomic mass is 10.1. The number of ether oxygens (including phenoxy) is 1. The molecular weight excluding hydrogens is 344 g/mol. The van der Waals surface area contributed by atoms with Crippen molar-refractivity contribution in [2.24, 2.45) is 0 Å². The highest BCUT2D eigenvalue weighted by molar-refractivity contribution is 7.07. The van der Waals surface area contributed by atoms with E-state index in [4.69, 9.17) is 4.74 Å². The van der Waals surface area contributed by atoms with E-state index in [9.17, 15) is 8.78 Å². The Hall–Kier alpha value is -2.12. The van der Waals surface area contributed by atoms with Gasteiger partial charge in [-0.3, -0.25) is 0 Å². The van der Waals surface area contributed by atoms with Crippen LogP contribution in [-0.2, 0) is 4.74 Å². The minimum Gasteiger partial charge on any atom is -0.367 e. The van der Waals surface area contributed by atoms with Crippen molar-refractivity contribution in [2.45, 2.75) is 25.6 Å². The third-order valence-corrected chi connectivity index (χ3v) is 4.97. The van der Waals surface area contributed by atoms with Gasteiger partial charge in [0, 0.05) is 18.5 Å². The summed E-state index contributed by atoms with van der Waals surface area (Å²) in [5, 5.41) is 4.85. The van der Waals surface area contributed by atoms with Gasteiger partial charge in [0.05, 0.1) is 11.6 Å². The largest absolute Gasteiger partial charge is 0.367 e. The molecule has 25 heavy (non-hydrogen) atoms. The van der Waals surface area contributed by atoms with Crippen LogP contribution >= 0.6 is 11.3 Å². The number of nitrogens with zero attached hydrogens (tertiary/aromatic N) is 3. The van der Waals surface area contributed by atoms with Crippen molar-refractivity contribution < 1.29 is 13.5 Å². The van der Waals surface area contributed by atoms with E-state index in [1.165, 1.54) is 0 Å². The topological polar surface area (TPSA) is 38.2 Å². The molecule has 1 saturated heterocycles. The van der Waals surface area contributed by atoms with Gasteiger partial charge in [0.2, 0.25) is 0 Å². The van der Waals surface area contributed by atoms with Crippen LogP contribution in [0.25, 0.3) is 10.9 Å². The van der Waals surface area contributed by atoms with Gasteiger partial charge in [0.25, 0.3) is 6.43 Å². The van der Waals surface area contributed by atoms with E-state index in [2.05, 4.69) is 15.3 Å². The lowest BCUT2D eigenvalue weighted by Crippen LogP contribution is -2.43. The molecule has 1 aliphatic heterocycles. The second-order valence-electron chi connectivity index (χ2n) is 6.12. The molecule has 1 aliphatic rings. The van der Waals surface area contributed by atoms with Crippen molar-refractivity contribution in [1.29, 1.82) is 0 Å². The van der Waals surface area contributed by atoms with E-state index in [-0.39, 0.29) is 12.2 Å². The summed E-state index contributed by atoms with van der Waals surface area (Å²) in [7, 11) is 0. The van der Waals surface area contributed by atoms with Gasteiger partial charge in [-0.25, -0.2) is 18.7 Å². The summed E-state index contributed by atoms with van der Waals surface area (Å²) in [5.74, 6) is 0.121. The molecule has 7 heteroatoms. The Morgan fingerprint density at radius 2 is 2.04 bits per heavy atom. The number of rotatable bonds is 3. The van der Waals surface area contributed by atoms with Gasteiger partial charge in [0.15, 0.2) is 5.82 Å². The number of para-hydroxylation sites is 1. The van der Waals surface area contributed by atoms with Gasteiger partial charge in [0.1, 0.15) is 11.9 Å². The van der Waals surface area contributed by atoms with Gasteiger partial charge in [-0.1, -0.05) is 12.1 Å². The zero-order chi connectivity index (χ0) is 17.4. The molecule has 1 fully saturated rings.